The first-order valence-electron chi connectivity index (χ1n) is 10.1. The highest BCUT2D eigenvalue weighted by atomic mass is 19.1. The fourth-order valence-corrected chi connectivity index (χ4v) is 3.88. The summed E-state index contributed by atoms with van der Waals surface area (Å²) >= 11 is 0. The summed E-state index contributed by atoms with van der Waals surface area (Å²) in [6.45, 7) is 1.16. The maximum atomic E-state index is 13.4. The highest BCUT2D eigenvalue weighted by molar-refractivity contribution is 6.20. The van der Waals surface area contributed by atoms with E-state index in [4.69, 9.17) is 0 Å². The minimum absolute atomic E-state index is 0.271. The molecule has 4 nitrogen and oxygen atoms in total. The predicted molar refractivity (Wildman–Crippen MR) is 115 cm³/mol. The van der Waals surface area contributed by atoms with E-state index in [0.29, 0.717) is 24.7 Å². The normalized spacial score (nSPS) is 14.4. The Balaban J connectivity index is 1.55. The van der Waals surface area contributed by atoms with Crippen LogP contribution in [0.2, 0.25) is 0 Å². The largest absolute Gasteiger partial charge is 0.331 e. The summed E-state index contributed by atoms with van der Waals surface area (Å²) in [6, 6.07) is 24.1. The quantitative estimate of drug-likeness (QED) is 0.583. The summed E-state index contributed by atoms with van der Waals surface area (Å²) in [4.78, 5) is 29.5. The van der Waals surface area contributed by atoms with Crippen LogP contribution in [-0.2, 0) is 0 Å². The molecule has 0 saturated carbocycles. The number of halogens is 1. The van der Waals surface area contributed by atoms with Crippen LogP contribution >= 0.6 is 0 Å². The molecule has 30 heavy (non-hydrogen) atoms. The van der Waals surface area contributed by atoms with Crippen LogP contribution in [-0.4, -0.2) is 29.9 Å². The molecule has 1 saturated heterocycles. The third-order valence-electron chi connectivity index (χ3n) is 5.54. The van der Waals surface area contributed by atoms with Gasteiger partial charge in [0.1, 0.15) is 5.82 Å². The van der Waals surface area contributed by atoms with Crippen molar-refractivity contribution in [2.75, 3.05) is 18.0 Å². The minimum Gasteiger partial charge on any atom is -0.324 e. The number of nitrogens with zero attached hydrogens (tertiary/aromatic N) is 2. The molecule has 0 atom stereocenters. The summed E-state index contributed by atoms with van der Waals surface area (Å²) in [5, 5.41) is 0. The van der Waals surface area contributed by atoms with Gasteiger partial charge in [-0.15, -0.1) is 0 Å². The standard InChI is InChI=1S/C25H23FN2O2/c26-22-13-11-21(12-14-22)24(29)28(23-9-5-2-6-10-23)25(30)27-17-15-20(16-18-27)19-7-3-1-4-8-19/h1-14,20H,15-18H2. The number of carbonyl (C=O) groups excluding carboxylic acids is 2. The van der Waals surface area contributed by atoms with Gasteiger partial charge >= 0.3 is 6.03 Å². The van der Waals surface area contributed by atoms with Gasteiger partial charge < -0.3 is 4.90 Å². The van der Waals surface area contributed by atoms with Crippen LogP contribution in [0.15, 0.2) is 84.9 Å². The van der Waals surface area contributed by atoms with E-state index in [1.807, 2.05) is 24.3 Å². The zero-order valence-electron chi connectivity index (χ0n) is 16.6. The van der Waals surface area contributed by atoms with E-state index in [1.54, 1.807) is 29.2 Å². The van der Waals surface area contributed by atoms with Crippen LogP contribution in [0.3, 0.4) is 0 Å². The van der Waals surface area contributed by atoms with E-state index in [-0.39, 0.29) is 11.6 Å². The number of piperidine rings is 1. The lowest BCUT2D eigenvalue weighted by Crippen LogP contribution is -2.49. The second-order valence-electron chi connectivity index (χ2n) is 7.44. The molecule has 3 aromatic carbocycles. The van der Waals surface area contributed by atoms with Crippen LogP contribution in [0, 0.1) is 5.82 Å². The average molecular weight is 402 g/mol. The molecule has 0 unspecified atom stereocenters. The van der Waals surface area contributed by atoms with Gasteiger partial charge in [0.15, 0.2) is 0 Å². The molecule has 152 valence electrons. The topological polar surface area (TPSA) is 40.6 Å². The fraction of sp³-hybridized carbons (Fsp3) is 0.200. The van der Waals surface area contributed by atoms with Gasteiger partial charge in [0.2, 0.25) is 0 Å². The number of carbonyl (C=O) groups is 2. The van der Waals surface area contributed by atoms with E-state index in [0.717, 1.165) is 12.8 Å². The van der Waals surface area contributed by atoms with Gasteiger partial charge in [-0.2, -0.15) is 0 Å². The Bertz CT molecular complexity index is 998. The van der Waals surface area contributed by atoms with Crippen molar-refractivity contribution in [1.29, 1.82) is 0 Å². The molecule has 0 aromatic heterocycles. The molecular formula is C25H23FN2O2. The highest BCUT2D eigenvalue weighted by Gasteiger charge is 2.31. The summed E-state index contributed by atoms with van der Waals surface area (Å²) in [5.74, 6) is -0.475. The molecule has 0 radical (unpaired) electrons. The third kappa shape index (κ3) is 4.25. The van der Waals surface area contributed by atoms with Gasteiger partial charge in [-0.25, -0.2) is 14.1 Å². The fourth-order valence-electron chi connectivity index (χ4n) is 3.88. The molecule has 3 aromatic rings. The molecule has 1 fully saturated rings. The SMILES string of the molecule is O=C(c1ccc(F)cc1)N(C(=O)N1CCC(c2ccccc2)CC1)c1ccccc1. The smallest absolute Gasteiger partial charge is 0.324 e. The van der Waals surface area contributed by atoms with E-state index in [9.17, 15) is 14.0 Å². The molecule has 1 heterocycles. The van der Waals surface area contributed by atoms with Gasteiger partial charge in [0.25, 0.3) is 5.91 Å². The monoisotopic (exact) mass is 402 g/mol. The van der Waals surface area contributed by atoms with Crippen molar-refractivity contribution < 1.29 is 14.0 Å². The van der Waals surface area contributed by atoms with E-state index >= 15 is 0 Å². The molecule has 1 aliphatic rings. The zero-order chi connectivity index (χ0) is 20.9. The highest BCUT2D eigenvalue weighted by Crippen LogP contribution is 2.29. The number of likely N-dealkylation sites (tertiary alicyclic amines) is 1. The summed E-state index contributed by atoms with van der Waals surface area (Å²) in [7, 11) is 0. The average Bonchev–Trinajstić information content (AvgIpc) is 2.81. The molecule has 3 amide bonds. The number of hydrogen-bond donors (Lipinski definition) is 0. The molecular weight excluding hydrogens is 379 g/mol. The number of anilines is 1. The molecule has 4 rings (SSSR count). The molecule has 1 aliphatic heterocycles. The summed E-state index contributed by atoms with van der Waals surface area (Å²) in [5.41, 5.74) is 2.06. The van der Waals surface area contributed by atoms with Gasteiger partial charge in [-0.3, -0.25) is 4.79 Å². The van der Waals surface area contributed by atoms with E-state index < -0.39 is 11.7 Å². The lowest BCUT2D eigenvalue weighted by atomic mass is 9.89. The number of benzene rings is 3. The Morgan fingerprint density at radius 3 is 1.97 bits per heavy atom. The van der Waals surface area contributed by atoms with Crippen LogP contribution in [0.1, 0.15) is 34.7 Å². The van der Waals surface area contributed by atoms with E-state index in [1.165, 1.54) is 34.7 Å². The number of amides is 3. The van der Waals surface area contributed by atoms with Crippen LogP contribution < -0.4 is 4.90 Å². The Kier molecular flexibility index (Phi) is 5.89. The molecule has 5 heteroatoms. The lowest BCUT2D eigenvalue weighted by molar-refractivity contribution is 0.0982. The Hall–Kier alpha value is -3.47. The molecule has 0 N–H and O–H groups in total. The zero-order valence-corrected chi connectivity index (χ0v) is 16.6. The number of hydrogen-bond acceptors (Lipinski definition) is 2. The van der Waals surface area contributed by atoms with Gasteiger partial charge in [-0.05, 0) is 60.7 Å². The molecule has 0 spiro atoms. The second kappa shape index (κ2) is 8.91. The van der Waals surface area contributed by atoms with Crippen molar-refractivity contribution in [1.82, 2.24) is 4.90 Å². The van der Waals surface area contributed by atoms with Gasteiger partial charge in [-0.1, -0.05) is 48.5 Å². The number of imide groups is 1. The van der Waals surface area contributed by atoms with Crippen molar-refractivity contribution in [3.8, 4) is 0 Å². The van der Waals surface area contributed by atoms with E-state index in [2.05, 4.69) is 12.1 Å². The summed E-state index contributed by atoms with van der Waals surface area (Å²) in [6.07, 6.45) is 1.70. The van der Waals surface area contributed by atoms with Crippen LogP contribution in [0.4, 0.5) is 14.9 Å². The van der Waals surface area contributed by atoms with Crippen molar-refractivity contribution in [2.45, 2.75) is 18.8 Å². The Morgan fingerprint density at radius 1 is 0.800 bits per heavy atom. The van der Waals surface area contributed by atoms with Crippen molar-refractivity contribution in [3.05, 3.63) is 102 Å². The Labute approximate surface area is 175 Å². The summed E-state index contributed by atoms with van der Waals surface area (Å²) < 4.78 is 13.3. The second-order valence-corrected chi connectivity index (χ2v) is 7.44. The van der Waals surface area contributed by atoms with Crippen LogP contribution in [0.25, 0.3) is 0 Å². The minimum atomic E-state index is -0.462. The first kappa shape index (κ1) is 19.8. The van der Waals surface area contributed by atoms with Crippen LogP contribution in [0.5, 0.6) is 0 Å². The first-order chi connectivity index (χ1) is 14.6. The maximum absolute atomic E-state index is 13.4. The molecule has 0 bridgehead atoms. The molecule has 0 aliphatic carbocycles. The number of para-hydroxylation sites is 1. The van der Waals surface area contributed by atoms with Gasteiger partial charge in [0, 0.05) is 18.7 Å². The number of urea groups is 1. The maximum Gasteiger partial charge on any atom is 0.331 e. The number of rotatable bonds is 3. The van der Waals surface area contributed by atoms with Crippen molar-refractivity contribution in [2.24, 2.45) is 0 Å². The van der Waals surface area contributed by atoms with Crippen molar-refractivity contribution in [3.63, 3.8) is 0 Å². The predicted octanol–water partition coefficient (Wildman–Crippen LogP) is 5.47. The Morgan fingerprint density at radius 2 is 1.37 bits per heavy atom. The van der Waals surface area contributed by atoms with Gasteiger partial charge in [0.05, 0.1) is 5.69 Å². The third-order valence-corrected chi connectivity index (χ3v) is 5.54. The lowest BCUT2D eigenvalue weighted by Gasteiger charge is -2.35. The first-order valence-corrected chi connectivity index (χ1v) is 10.1. The van der Waals surface area contributed by atoms with Crippen molar-refractivity contribution >= 4 is 17.6 Å².